The molecular formula is C16H25NO2S. The second-order valence-corrected chi connectivity index (χ2v) is 9.59. The van der Waals surface area contributed by atoms with Crippen LogP contribution in [0, 0.1) is 5.92 Å². The van der Waals surface area contributed by atoms with E-state index >= 15 is 0 Å². The van der Waals surface area contributed by atoms with Gasteiger partial charge >= 0.3 is 0 Å². The number of hydrogen-bond donors (Lipinski definition) is 1. The first-order chi connectivity index (χ1) is 9.19. The summed E-state index contributed by atoms with van der Waals surface area (Å²) in [6.45, 7) is 7.44. The molecule has 112 valence electrons. The fraction of sp³-hybridized carbons (Fsp3) is 0.625. The van der Waals surface area contributed by atoms with Crippen molar-refractivity contribution >= 4 is 15.5 Å². The highest BCUT2D eigenvalue weighted by Crippen LogP contribution is 2.34. The first-order valence-electron chi connectivity index (χ1n) is 7.27. The third kappa shape index (κ3) is 3.75. The van der Waals surface area contributed by atoms with Gasteiger partial charge in [0.1, 0.15) is 0 Å². The number of benzene rings is 1. The van der Waals surface area contributed by atoms with Gasteiger partial charge in [-0.3, -0.25) is 0 Å². The normalized spacial score (nSPS) is 17.8. The van der Waals surface area contributed by atoms with Gasteiger partial charge in [0.05, 0.1) is 10.5 Å². The number of nitrogens with one attached hydrogen (secondary N) is 1. The van der Waals surface area contributed by atoms with E-state index in [1.165, 1.54) is 12.8 Å². The Balaban J connectivity index is 2.09. The quantitative estimate of drug-likeness (QED) is 0.902. The van der Waals surface area contributed by atoms with Crippen molar-refractivity contribution in [3.05, 3.63) is 29.8 Å². The molecule has 1 N–H and O–H groups in total. The minimum absolute atomic E-state index is 0.101. The van der Waals surface area contributed by atoms with Crippen molar-refractivity contribution in [3.8, 4) is 0 Å². The summed E-state index contributed by atoms with van der Waals surface area (Å²) < 4.78 is 23.8. The van der Waals surface area contributed by atoms with E-state index in [0.717, 1.165) is 17.2 Å². The van der Waals surface area contributed by atoms with Crippen molar-refractivity contribution < 1.29 is 8.42 Å². The van der Waals surface area contributed by atoms with Gasteiger partial charge in [-0.15, -0.1) is 0 Å². The van der Waals surface area contributed by atoms with Crippen LogP contribution in [0.1, 0.15) is 46.1 Å². The summed E-state index contributed by atoms with van der Waals surface area (Å²) in [5, 5.41) is 3.47. The highest BCUT2D eigenvalue weighted by atomic mass is 32.2. The molecule has 1 aromatic rings. The van der Waals surface area contributed by atoms with Crippen LogP contribution in [-0.4, -0.2) is 19.2 Å². The van der Waals surface area contributed by atoms with Crippen LogP contribution >= 0.6 is 0 Å². The van der Waals surface area contributed by atoms with E-state index in [0.29, 0.717) is 6.04 Å². The van der Waals surface area contributed by atoms with Gasteiger partial charge in [-0.2, -0.15) is 0 Å². The fourth-order valence-electron chi connectivity index (χ4n) is 2.16. The molecular weight excluding hydrogens is 270 g/mol. The minimum Gasteiger partial charge on any atom is -0.382 e. The predicted octanol–water partition coefficient (Wildman–Crippen LogP) is 3.61. The molecule has 3 nitrogen and oxygen atoms in total. The van der Waals surface area contributed by atoms with Crippen molar-refractivity contribution in [1.82, 2.24) is 0 Å². The summed E-state index contributed by atoms with van der Waals surface area (Å²) in [4.78, 5) is 0. The molecule has 0 amide bonds. The van der Waals surface area contributed by atoms with Crippen LogP contribution in [0.5, 0.6) is 0 Å². The average molecular weight is 295 g/mol. The molecule has 0 aliphatic heterocycles. The lowest BCUT2D eigenvalue weighted by Gasteiger charge is -2.20. The first-order valence-corrected chi connectivity index (χ1v) is 8.92. The molecule has 1 atom stereocenters. The van der Waals surface area contributed by atoms with Crippen molar-refractivity contribution in [2.24, 2.45) is 5.92 Å². The van der Waals surface area contributed by atoms with Gasteiger partial charge in [0.15, 0.2) is 9.84 Å². The SMILES string of the molecule is C[C@@H](Nc1cccc(CS(=O)(=O)C(C)(C)C)c1)C1CC1. The monoisotopic (exact) mass is 295 g/mol. The number of hydrogen-bond acceptors (Lipinski definition) is 3. The lowest BCUT2D eigenvalue weighted by molar-refractivity contribution is 0.559. The molecule has 0 radical (unpaired) electrons. The average Bonchev–Trinajstić information content (AvgIpc) is 3.10. The molecule has 20 heavy (non-hydrogen) atoms. The van der Waals surface area contributed by atoms with E-state index in [1.54, 1.807) is 20.8 Å². The summed E-state index contributed by atoms with van der Waals surface area (Å²) in [5.74, 6) is 0.876. The smallest absolute Gasteiger partial charge is 0.159 e. The molecule has 2 rings (SSSR count). The Kier molecular flexibility index (Phi) is 4.14. The van der Waals surface area contributed by atoms with E-state index in [4.69, 9.17) is 0 Å². The summed E-state index contributed by atoms with van der Waals surface area (Å²) >= 11 is 0. The zero-order chi connectivity index (χ0) is 15.0. The fourth-order valence-corrected chi connectivity index (χ4v) is 3.22. The van der Waals surface area contributed by atoms with E-state index in [-0.39, 0.29) is 5.75 Å². The van der Waals surface area contributed by atoms with Gasteiger partial charge in [-0.1, -0.05) is 12.1 Å². The molecule has 0 saturated heterocycles. The number of sulfone groups is 1. The molecule has 0 unspecified atom stereocenters. The first kappa shape index (κ1) is 15.4. The lowest BCUT2D eigenvalue weighted by Crippen LogP contribution is -2.29. The highest BCUT2D eigenvalue weighted by molar-refractivity contribution is 7.91. The Labute approximate surface area is 122 Å². The Morgan fingerprint density at radius 2 is 1.95 bits per heavy atom. The maximum Gasteiger partial charge on any atom is 0.159 e. The van der Waals surface area contributed by atoms with Crippen LogP contribution in [0.15, 0.2) is 24.3 Å². The number of anilines is 1. The van der Waals surface area contributed by atoms with Crippen molar-refractivity contribution in [2.45, 2.75) is 57.1 Å². The molecule has 1 aliphatic carbocycles. The highest BCUT2D eigenvalue weighted by Gasteiger charge is 2.29. The van der Waals surface area contributed by atoms with Gasteiger partial charge in [0.25, 0.3) is 0 Å². The van der Waals surface area contributed by atoms with E-state index in [9.17, 15) is 8.42 Å². The molecule has 0 spiro atoms. The van der Waals surface area contributed by atoms with Crippen LogP contribution in [0.4, 0.5) is 5.69 Å². The maximum atomic E-state index is 12.3. The van der Waals surface area contributed by atoms with E-state index < -0.39 is 14.6 Å². The Morgan fingerprint density at radius 1 is 1.30 bits per heavy atom. The molecule has 1 aromatic carbocycles. The minimum atomic E-state index is -3.13. The van der Waals surface area contributed by atoms with Crippen LogP contribution in [-0.2, 0) is 15.6 Å². The van der Waals surface area contributed by atoms with Crippen molar-refractivity contribution in [2.75, 3.05) is 5.32 Å². The molecule has 1 fully saturated rings. The molecule has 4 heteroatoms. The molecule has 1 saturated carbocycles. The van der Waals surface area contributed by atoms with Crippen molar-refractivity contribution in [1.29, 1.82) is 0 Å². The molecule has 0 heterocycles. The molecule has 0 bridgehead atoms. The maximum absolute atomic E-state index is 12.3. The second kappa shape index (κ2) is 5.40. The van der Waals surface area contributed by atoms with Crippen LogP contribution < -0.4 is 5.32 Å². The third-order valence-electron chi connectivity index (χ3n) is 3.94. The molecule has 1 aliphatic rings. The summed E-state index contributed by atoms with van der Waals surface area (Å²) in [6.07, 6.45) is 2.60. The Bertz CT molecular complexity index is 568. The zero-order valence-corrected chi connectivity index (χ0v) is 13.6. The van der Waals surface area contributed by atoms with E-state index in [1.807, 2.05) is 24.3 Å². The predicted molar refractivity (Wildman–Crippen MR) is 84.6 cm³/mol. The van der Waals surface area contributed by atoms with Crippen LogP contribution in [0.25, 0.3) is 0 Å². The second-order valence-electron chi connectivity index (χ2n) is 6.84. The summed E-state index contributed by atoms with van der Waals surface area (Å²) in [7, 11) is -3.13. The van der Waals surface area contributed by atoms with Crippen LogP contribution in [0.2, 0.25) is 0 Å². The zero-order valence-electron chi connectivity index (χ0n) is 12.8. The number of rotatable bonds is 5. The Morgan fingerprint density at radius 3 is 2.50 bits per heavy atom. The van der Waals surface area contributed by atoms with Gasteiger partial charge in [-0.25, -0.2) is 8.42 Å². The van der Waals surface area contributed by atoms with E-state index in [2.05, 4.69) is 12.2 Å². The van der Waals surface area contributed by atoms with Gasteiger partial charge in [-0.05, 0) is 64.2 Å². The largest absolute Gasteiger partial charge is 0.382 e. The molecule has 0 aromatic heterocycles. The summed E-state index contributed by atoms with van der Waals surface area (Å²) in [6, 6.07) is 8.24. The standard InChI is InChI=1S/C16H25NO2S/c1-12(14-8-9-14)17-15-7-5-6-13(10-15)11-20(18,19)16(2,3)4/h5-7,10,12,14,17H,8-9,11H2,1-4H3/t12-/m1/s1. The van der Waals surface area contributed by atoms with Crippen molar-refractivity contribution in [3.63, 3.8) is 0 Å². The summed E-state index contributed by atoms with van der Waals surface area (Å²) in [5.41, 5.74) is 1.87. The van der Waals surface area contributed by atoms with Crippen LogP contribution in [0.3, 0.4) is 0 Å². The third-order valence-corrected chi connectivity index (χ3v) is 6.52. The topological polar surface area (TPSA) is 46.2 Å². The van der Waals surface area contributed by atoms with Gasteiger partial charge in [0.2, 0.25) is 0 Å². The van der Waals surface area contributed by atoms with Gasteiger partial charge < -0.3 is 5.32 Å². The lowest BCUT2D eigenvalue weighted by atomic mass is 10.1. The van der Waals surface area contributed by atoms with Gasteiger partial charge in [0, 0.05) is 11.7 Å². The Hall–Kier alpha value is -1.03.